The van der Waals surface area contributed by atoms with E-state index >= 15 is 0 Å². The van der Waals surface area contributed by atoms with Crippen molar-refractivity contribution in [2.24, 2.45) is 11.8 Å². The molecule has 0 amide bonds. The lowest BCUT2D eigenvalue weighted by molar-refractivity contribution is -0.143. The summed E-state index contributed by atoms with van der Waals surface area (Å²) in [5.41, 5.74) is -2.04. The molecule has 3 aromatic rings. The molecule has 5 nitrogen and oxygen atoms in total. The van der Waals surface area contributed by atoms with Crippen LogP contribution in [0.2, 0.25) is 0 Å². The number of allylic oxidation sites excluding steroid dienone is 1. The number of hydrogen-bond donors (Lipinski definition) is 0. The Kier molecular flexibility index (Phi) is 7.98. The number of ketones is 1. The van der Waals surface area contributed by atoms with Crippen molar-refractivity contribution < 1.29 is 37.0 Å². The monoisotopic (exact) mass is 554 g/mol. The first kappa shape index (κ1) is 28.1. The maximum atomic E-state index is 14.3. The molecular formula is C30H26F3O5P. The molecule has 4 rings (SSSR count). The molecule has 2 atom stereocenters. The predicted octanol–water partition coefficient (Wildman–Crippen LogP) is 4.19. The molecule has 0 fully saturated rings. The van der Waals surface area contributed by atoms with Gasteiger partial charge in [0.2, 0.25) is 0 Å². The van der Waals surface area contributed by atoms with Crippen molar-refractivity contribution in [1.29, 1.82) is 0 Å². The summed E-state index contributed by atoms with van der Waals surface area (Å²) in [7, 11) is 2.10. The molecule has 0 heterocycles. The van der Waals surface area contributed by atoms with Crippen molar-refractivity contribution in [3.05, 3.63) is 102 Å². The van der Waals surface area contributed by atoms with Gasteiger partial charge in [-0.3, -0.25) is 4.79 Å². The minimum Gasteiger partial charge on any atom is -0.466 e. The lowest BCUT2D eigenvalue weighted by atomic mass is 9.64. The molecule has 1 aliphatic rings. The SMILES string of the molecule is COC(=O)C1=C(C(F)(F)F)C(C(C)=O)C1C(C(=O)OC)=P(c1ccccc1)(c1ccccc1)c1ccccc1. The quantitative estimate of drug-likeness (QED) is 0.324. The lowest BCUT2D eigenvalue weighted by Crippen LogP contribution is -2.52. The highest BCUT2D eigenvalue weighted by atomic mass is 31.2. The number of alkyl halides is 3. The third-order valence-electron chi connectivity index (χ3n) is 6.88. The Bertz CT molecular complexity index is 1380. The molecule has 0 bridgehead atoms. The summed E-state index contributed by atoms with van der Waals surface area (Å²) in [4.78, 5) is 39.7. The van der Waals surface area contributed by atoms with Crippen LogP contribution in [-0.2, 0) is 23.9 Å². The smallest absolute Gasteiger partial charge is 0.413 e. The molecule has 9 heteroatoms. The van der Waals surface area contributed by atoms with Crippen LogP contribution >= 0.6 is 6.89 Å². The summed E-state index contributed by atoms with van der Waals surface area (Å²) in [6, 6.07) is 26.8. The van der Waals surface area contributed by atoms with Crippen molar-refractivity contribution in [1.82, 2.24) is 0 Å². The molecule has 202 valence electrons. The van der Waals surface area contributed by atoms with Crippen LogP contribution in [0.25, 0.3) is 0 Å². The van der Waals surface area contributed by atoms with Gasteiger partial charge in [-0.1, -0.05) is 91.0 Å². The topological polar surface area (TPSA) is 69.7 Å². The zero-order valence-corrected chi connectivity index (χ0v) is 22.3. The second kappa shape index (κ2) is 11.1. The Labute approximate surface area is 224 Å². The molecule has 0 N–H and O–H groups in total. The van der Waals surface area contributed by atoms with Crippen LogP contribution in [-0.4, -0.2) is 43.4 Å². The largest absolute Gasteiger partial charge is 0.466 e. The van der Waals surface area contributed by atoms with Gasteiger partial charge in [0.05, 0.1) is 36.6 Å². The Balaban J connectivity index is 2.33. The van der Waals surface area contributed by atoms with E-state index in [1.165, 1.54) is 0 Å². The van der Waals surface area contributed by atoms with Gasteiger partial charge in [-0.25, -0.2) is 9.59 Å². The molecule has 0 aromatic heterocycles. The van der Waals surface area contributed by atoms with Crippen molar-refractivity contribution in [2.45, 2.75) is 13.1 Å². The van der Waals surface area contributed by atoms with Gasteiger partial charge in [0, 0.05) is 5.92 Å². The molecule has 0 aliphatic heterocycles. The summed E-state index contributed by atoms with van der Waals surface area (Å²) >= 11 is 0. The van der Waals surface area contributed by atoms with Crippen molar-refractivity contribution in [2.75, 3.05) is 14.2 Å². The normalized spacial score (nSPS) is 17.2. The van der Waals surface area contributed by atoms with Gasteiger partial charge >= 0.3 is 18.1 Å². The van der Waals surface area contributed by atoms with E-state index < -0.39 is 53.8 Å². The van der Waals surface area contributed by atoms with E-state index in [1.54, 1.807) is 91.0 Å². The Morgan fingerprint density at radius 2 is 1.10 bits per heavy atom. The number of Topliss-reactive ketones (excluding diaryl/α,β-unsaturated/α-hetero) is 1. The molecule has 39 heavy (non-hydrogen) atoms. The lowest BCUT2D eigenvalue weighted by Gasteiger charge is -2.44. The van der Waals surface area contributed by atoms with Crippen molar-refractivity contribution in [3.63, 3.8) is 0 Å². The van der Waals surface area contributed by atoms with Crippen LogP contribution in [0.1, 0.15) is 6.92 Å². The zero-order chi connectivity index (χ0) is 28.4. The molecule has 0 saturated carbocycles. The van der Waals surface area contributed by atoms with E-state index in [0.29, 0.717) is 15.9 Å². The number of benzene rings is 3. The fraction of sp³-hybridized carbons (Fsp3) is 0.200. The minimum atomic E-state index is -5.00. The van der Waals surface area contributed by atoms with Crippen molar-refractivity contribution >= 4 is 45.8 Å². The molecule has 3 aromatic carbocycles. The molecule has 2 unspecified atom stereocenters. The van der Waals surface area contributed by atoms with E-state index in [1.807, 2.05) is 0 Å². The molecule has 0 spiro atoms. The molecular weight excluding hydrogens is 528 g/mol. The molecule has 0 radical (unpaired) electrons. The highest BCUT2D eigenvalue weighted by Gasteiger charge is 2.60. The number of carbonyl (C=O) groups excluding carboxylic acids is 3. The maximum Gasteiger partial charge on any atom is 0.413 e. The number of ether oxygens (including phenoxy) is 2. The van der Waals surface area contributed by atoms with Gasteiger partial charge in [0.25, 0.3) is 0 Å². The highest BCUT2D eigenvalue weighted by molar-refractivity contribution is 7.96. The summed E-state index contributed by atoms with van der Waals surface area (Å²) in [5.74, 6) is -6.29. The van der Waals surface area contributed by atoms with E-state index in [-0.39, 0.29) is 5.29 Å². The summed E-state index contributed by atoms with van der Waals surface area (Å²) in [6.45, 7) is -2.29. The minimum absolute atomic E-state index is 0.0813. The van der Waals surface area contributed by atoms with Gasteiger partial charge in [0.15, 0.2) is 0 Å². The van der Waals surface area contributed by atoms with Crippen LogP contribution in [0.15, 0.2) is 102 Å². The first-order chi connectivity index (χ1) is 18.6. The average molecular weight is 555 g/mol. The zero-order valence-electron chi connectivity index (χ0n) is 21.4. The highest BCUT2D eigenvalue weighted by Crippen LogP contribution is 2.57. The number of hydrogen-bond acceptors (Lipinski definition) is 5. The fourth-order valence-electron chi connectivity index (χ4n) is 5.38. The van der Waals surface area contributed by atoms with Crippen LogP contribution in [0.3, 0.4) is 0 Å². The summed E-state index contributed by atoms with van der Waals surface area (Å²) in [6.07, 6.45) is -5.00. The molecule has 0 saturated heterocycles. The predicted molar refractivity (Wildman–Crippen MR) is 145 cm³/mol. The number of methoxy groups -OCH3 is 2. The van der Waals surface area contributed by atoms with Crippen LogP contribution in [0.5, 0.6) is 0 Å². The number of rotatable bonds is 7. The maximum absolute atomic E-state index is 14.3. The fourth-order valence-corrected chi connectivity index (χ4v) is 10.0. The first-order valence-electron chi connectivity index (χ1n) is 12.0. The summed E-state index contributed by atoms with van der Waals surface area (Å²) in [5, 5.41) is 1.86. The second-order valence-electron chi connectivity index (χ2n) is 8.94. The van der Waals surface area contributed by atoms with Crippen LogP contribution in [0.4, 0.5) is 13.2 Å². The van der Waals surface area contributed by atoms with Gasteiger partial charge in [-0.2, -0.15) is 13.2 Å². The van der Waals surface area contributed by atoms with Gasteiger partial charge in [0.1, 0.15) is 5.78 Å². The van der Waals surface area contributed by atoms with Gasteiger partial charge in [-0.15, -0.1) is 0 Å². The van der Waals surface area contributed by atoms with E-state index in [9.17, 15) is 27.6 Å². The second-order valence-corrected chi connectivity index (χ2v) is 12.3. The Morgan fingerprint density at radius 1 is 0.692 bits per heavy atom. The van der Waals surface area contributed by atoms with Gasteiger partial charge < -0.3 is 9.47 Å². The van der Waals surface area contributed by atoms with Gasteiger partial charge in [-0.05, 0) is 29.7 Å². The average Bonchev–Trinajstić information content (AvgIpc) is 2.92. The first-order valence-corrected chi connectivity index (χ1v) is 13.8. The number of halogens is 3. The van der Waals surface area contributed by atoms with E-state index in [2.05, 4.69) is 0 Å². The van der Waals surface area contributed by atoms with E-state index in [4.69, 9.17) is 9.47 Å². The van der Waals surface area contributed by atoms with Crippen molar-refractivity contribution in [3.8, 4) is 0 Å². The number of carbonyl (C=O) groups is 3. The van der Waals surface area contributed by atoms with Crippen LogP contribution in [0, 0.1) is 11.8 Å². The number of esters is 2. The third-order valence-corrected chi connectivity index (χ3v) is 11.3. The third kappa shape index (κ3) is 4.74. The molecule has 1 aliphatic carbocycles. The Morgan fingerprint density at radius 3 is 1.41 bits per heavy atom. The van der Waals surface area contributed by atoms with Crippen LogP contribution < -0.4 is 15.9 Å². The van der Waals surface area contributed by atoms with E-state index in [0.717, 1.165) is 21.1 Å². The Hall–Kier alpha value is -3.90. The summed E-state index contributed by atoms with van der Waals surface area (Å²) < 4.78 is 52.9. The standard InChI is InChI=1S/C30H26F3O5P/c1-19(34)23-24(25(28(35)37-2)26(23)30(31,32)33)27(29(36)38-3)39(20-13-7-4-8-14-20,21-15-9-5-10-16-21)22-17-11-6-12-18-22/h4-18,23-24H,1-3H3.